The van der Waals surface area contributed by atoms with Crippen molar-refractivity contribution in [3.63, 3.8) is 0 Å². The molecular weight excluding hydrogens is 250 g/mol. The predicted molar refractivity (Wildman–Crippen MR) is 81.7 cm³/mol. The molecule has 1 aromatic rings. The van der Waals surface area contributed by atoms with E-state index in [4.69, 9.17) is 4.74 Å². The van der Waals surface area contributed by atoms with Gasteiger partial charge in [0.25, 0.3) is 0 Å². The fourth-order valence-electron chi connectivity index (χ4n) is 3.05. The third-order valence-corrected chi connectivity index (χ3v) is 4.51. The van der Waals surface area contributed by atoms with Crippen LogP contribution in [0.5, 0.6) is 0 Å². The van der Waals surface area contributed by atoms with Crippen LogP contribution in [0.25, 0.3) is 0 Å². The first-order valence-electron chi connectivity index (χ1n) is 7.77. The van der Waals surface area contributed by atoms with E-state index in [1.54, 1.807) is 0 Å². The molecule has 0 aromatic heterocycles. The zero-order chi connectivity index (χ0) is 14.3. The number of nitrogens with one attached hydrogen (secondary N) is 1. The van der Waals surface area contributed by atoms with E-state index in [9.17, 15) is 5.11 Å². The molecule has 0 spiro atoms. The number of aliphatic hydroxyl groups excluding tert-OH is 1. The summed E-state index contributed by atoms with van der Waals surface area (Å²) in [5.41, 5.74) is 0.730. The Labute approximate surface area is 122 Å². The topological polar surface area (TPSA) is 41.5 Å². The first-order valence-corrected chi connectivity index (χ1v) is 7.77. The minimum atomic E-state index is -0.393. The number of ether oxygens (including phenoxy) is 1. The van der Waals surface area contributed by atoms with Gasteiger partial charge >= 0.3 is 0 Å². The number of hydrogen-bond acceptors (Lipinski definition) is 3. The van der Waals surface area contributed by atoms with Crippen LogP contribution < -0.4 is 5.32 Å². The summed E-state index contributed by atoms with van der Waals surface area (Å²) < 4.78 is 6.01. The van der Waals surface area contributed by atoms with E-state index in [1.165, 1.54) is 32.1 Å². The van der Waals surface area contributed by atoms with Gasteiger partial charge in [0.1, 0.15) is 0 Å². The number of benzene rings is 1. The van der Waals surface area contributed by atoms with Gasteiger partial charge in [-0.3, -0.25) is 0 Å². The minimum absolute atomic E-state index is 0.0849. The zero-order valence-electron chi connectivity index (χ0n) is 12.5. The van der Waals surface area contributed by atoms with Crippen LogP contribution in [-0.4, -0.2) is 31.5 Å². The molecule has 20 heavy (non-hydrogen) atoms. The number of likely N-dealkylation sites (N-methyl/N-ethyl adjacent to an activating group) is 1. The van der Waals surface area contributed by atoms with E-state index in [1.807, 2.05) is 25.2 Å². The van der Waals surface area contributed by atoms with Crippen LogP contribution in [0, 0.1) is 0 Å². The average molecular weight is 277 g/mol. The lowest BCUT2D eigenvalue weighted by molar-refractivity contribution is 0.00915. The highest BCUT2D eigenvalue weighted by atomic mass is 16.5. The van der Waals surface area contributed by atoms with Crippen molar-refractivity contribution in [2.24, 2.45) is 0 Å². The summed E-state index contributed by atoms with van der Waals surface area (Å²) in [7, 11) is 1.91. The number of aliphatic hydroxyl groups is 1. The first-order chi connectivity index (χ1) is 9.80. The van der Waals surface area contributed by atoms with Crippen molar-refractivity contribution in [3.05, 3.63) is 35.9 Å². The zero-order valence-corrected chi connectivity index (χ0v) is 12.5. The Morgan fingerprint density at radius 3 is 2.50 bits per heavy atom. The van der Waals surface area contributed by atoms with Crippen LogP contribution in [0.2, 0.25) is 0 Å². The Hall–Kier alpha value is -0.900. The van der Waals surface area contributed by atoms with Gasteiger partial charge in [-0.05, 0) is 31.9 Å². The second kappa shape index (κ2) is 7.77. The van der Waals surface area contributed by atoms with Crippen molar-refractivity contribution in [2.75, 3.05) is 20.3 Å². The van der Waals surface area contributed by atoms with E-state index in [-0.39, 0.29) is 6.61 Å². The Bertz CT molecular complexity index is 370. The molecule has 1 saturated carbocycles. The lowest BCUT2D eigenvalue weighted by Crippen LogP contribution is -2.44. The maximum absolute atomic E-state index is 9.85. The molecule has 1 aliphatic rings. The summed E-state index contributed by atoms with van der Waals surface area (Å²) in [6.07, 6.45) is 7.53. The Morgan fingerprint density at radius 2 is 1.90 bits per heavy atom. The molecule has 3 nitrogen and oxygen atoms in total. The van der Waals surface area contributed by atoms with Crippen molar-refractivity contribution >= 4 is 0 Å². The second-order valence-corrected chi connectivity index (χ2v) is 5.74. The van der Waals surface area contributed by atoms with Crippen LogP contribution in [0.1, 0.15) is 44.1 Å². The average Bonchev–Trinajstić information content (AvgIpc) is 2.54. The molecule has 2 N–H and O–H groups in total. The summed E-state index contributed by atoms with van der Waals surface area (Å²) >= 11 is 0. The molecule has 1 aromatic carbocycles. The molecule has 0 aliphatic heterocycles. The van der Waals surface area contributed by atoms with Gasteiger partial charge in [-0.2, -0.15) is 0 Å². The largest absolute Gasteiger partial charge is 0.394 e. The van der Waals surface area contributed by atoms with Crippen molar-refractivity contribution < 1.29 is 9.84 Å². The molecule has 0 bridgehead atoms. The van der Waals surface area contributed by atoms with Crippen molar-refractivity contribution in [1.82, 2.24) is 5.32 Å². The Kier molecular flexibility index (Phi) is 6.02. The first kappa shape index (κ1) is 15.5. The second-order valence-electron chi connectivity index (χ2n) is 5.74. The van der Waals surface area contributed by atoms with Gasteiger partial charge in [-0.15, -0.1) is 0 Å². The van der Waals surface area contributed by atoms with Crippen LogP contribution in [0.3, 0.4) is 0 Å². The summed E-state index contributed by atoms with van der Waals surface area (Å²) in [6.45, 7) is 0.780. The van der Waals surface area contributed by atoms with Gasteiger partial charge in [0, 0.05) is 6.61 Å². The highest BCUT2D eigenvalue weighted by Gasteiger charge is 2.29. The lowest BCUT2D eigenvalue weighted by Gasteiger charge is -2.33. The van der Waals surface area contributed by atoms with Crippen molar-refractivity contribution in [1.29, 1.82) is 0 Å². The monoisotopic (exact) mass is 277 g/mol. The summed E-state index contributed by atoms with van der Waals surface area (Å²) in [6, 6.07) is 10.2. The maximum atomic E-state index is 9.85. The van der Waals surface area contributed by atoms with E-state index in [0.717, 1.165) is 12.0 Å². The smallest absolute Gasteiger partial charge is 0.0688 e. The number of hydrogen-bond donors (Lipinski definition) is 2. The van der Waals surface area contributed by atoms with Crippen LogP contribution in [0.15, 0.2) is 30.3 Å². The quantitative estimate of drug-likeness (QED) is 0.805. The van der Waals surface area contributed by atoms with E-state index < -0.39 is 5.54 Å². The fraction of sp³-hybridized carbons (Fsp3) is 0.647. The van der Waals surface area contributed by atoms with Crippen LogP contribution in [-0.2, 0) is 10.3 Å². The third kappa shape index (κ3) is 3.81. The molecule has 1 atom stereocenters. The lowest BCUT2D eigenvalue weighted by atomic mass is 9.87. The third-order valence-electron chi connectivity index (χ3n) is 4.51. The van der Waals surface area contributed by atoms with Crippen molar-refractivity contribution in [2.45, 2.75) is 50.2 Å². The van der Waals surface area contributed by atoms with Crippen LogP contribution in [0.4, 0.5) is 0 Å². The van der Waals surface area contributed by atoms with Gasteiger partial charge in [-0.1, -0.05) is 49.6 Å². The van der Waals surface area contributed by atoms with Gasteiger partial charge in [-0.25, -0.2) is 0 Å². The summed E-state index contributed by atoms with van der Waals surface area (Å²) in [4.78, 5) is 0. The van der Waals surface area contributed by atoms with Crippen molar-refractivity contribution in [3.8, 4) is 0 Å². The van der Waals surface area contributed by atoms with Gasteiger partial charge < -0.3 is 15.2 Å². The summed E-state index contributed by atoms with van der Waals surface area (Å²) in [5, 5.41) is 13.1. The molecule has 112 valence electrons. The Morgan fingerprint density at radius 1 is 1.20 bits per heavy atom. The molecule has 1 aliphatic carbocycles. The molecule has 3 heteroatoms. The van der Waals surface area contributed by atoms with Gasteiger partial charge in [0.15, 0.2) is 0 Å². The molecule has 1 fully saturated rings. The highest BCUT2D eigenvalue weighted by molar-refractivity contribution is 5.24. The van der Waals surface area contributed by atoms with Crippen LogP contribution >= 0.6 is 0 Å². The number of rotatable bonds is 7. The van der Waals surface area contributed by atoms with E-state index >= 15 is 0 Å². The SMILES string of the molecule is CNC(CO)(CCOC1CCCCC1)c1ccccc1. The Balaban J connectivity index is 1.91. The summed E-state index contributed by atoms with van der Waals surface area (Å²) in [5.74, 6) is 0. The predicted octanol–water partition coefficient (Wildman–Crippen LogP) is 2.83. The molecule has 0 amide bonds. The molecule has 2 rings (SSSR count). The molecule has 1 unspecified atom stereocenters. The maximum Gasteiger partial charge on any atom is 0.0688 e. The standard InChI is InChI=1S/C17H27NO2/c1-18-17(14-19,15-8-4-2-5-9-15)12-13-20-16-10-6-3-7-11-16/h2,4-5,8-9,16,18-19H,3,6-7,10-14H2,1H3. The van der Waals surface area contributed by atoms with Gasteiger partial charge in [0.2, 0.25) is 0 Å². The molecule has 0 heterocycles. The fourth-order valence-corrected chi connectivity index (χ4v) is 3.05. The normalized spacial score (nSPS) is 19.7. The molecular formula is C17H27NO2. The minimum Gasteiger partial charge on any atom is -0.394 e. The van der Waals surface area contributed by atoms with E-state index in [0.29, 0.717) is 12.7 Å². The highest BCUT2D eigenvalue weighted by Crippen LogP contribution is 2.26. The molecule has 0 saturated heterocycles. The van der Waals surface area contributed by atoms with Gasteiger partial charge in [0.05, 0.1) is 18.2 Å². The van der Waals surface area contributed by atoms with E-state index in [2.05, 4.69) is 17.4 Å². The molecule has 0 radical (unpaired) electrons.